The number of carbonyl (C=O) groups excluding carboxylic acids is 2. The first-order valence-corrected chi connectivity index (χ1v) is 16.0. The van der Waals surface area contributed by atoms with Gasteiger partial charge >= 0.3 is 6.09 Å². The van der Waals surface area contributed by atoms with Crippen LogP contribution in [-0.2, 0) is 15.7 Å². The topological polar surface area (TPSA) is 67.9 Å². The Morgan fingerprint density at radius 1 is 0.917 bits per heavy atom. The van der Waals surface area contributed by atoms with Crippen LogP contribution in [0.1, 0.15) is 69.3 Å². The highest BCUT2D eigenvalue weighted by atomic mass is 28.4. The van der Waals surface area contributed by atoms with Gasteiger partial charge in [0.2, 0.25) is 0 Å². The van der Waals surface area contributed by atoms with Gasteiger partial charge in [0.1, 0.15) is 0 Å². The summed E-state index contributed by atoms with van der Waals surface area (Å²) in [5.74, 6) is -0.168. The van der Waals surface area contributed by atoms with Crippen LogP contribution in [0.25, 0.3) is 0 Å². The van der Waals surface area contributed by atoms with Crippen molar-refractivity contribution in [3.8, 4) is 0 Å². The second kappa shape index (κ2) is 14.2. The van der Waals surface area contributed by atoms with Crippen LogP contribution in [0.5, 0.6) is 0 Å². The molecule has 0 heterocycles. The number of anilines is 1. The fraction of sp³-hybridized carbons (Fsp3) is 0.517. The Labute approximate surface area is 218 Å². The molecule has 0 aliphatic carbocycles. The van der Waals surface area contributed by atoms with Gasteiger partial charge in [-0.2, -0.15) is 0 Å². The third-order valence-corrected chi connectivity index (χ3v) is 11.3. The van der Waals surface area contributed by atoms with Crippen molar-refractivity contribution in [2.24, 2.45) is 0 Å². The molecule has 7 heteroatoms. The van der Waals surface area contributed by atoms with Crippen LogP contribution in [-0.4, -0.2) is 45.0 Å². The van der Waals surface area contributed by atoms with Crippen molar-refractivity contribution in [3.05, 3.63) is 65.7 Å². The third-order valence-electron chi connectivity index (χ3n) is 6.73. The summed E-state index contributed by atoms with van der Waals surface area (Å²) in [5, 5.41) is 3.00. The van der Waals surface area contributed by atoms with Gasteiger partial charge in [-0.15, -0.1) is 0 Å². The molecule has 0 saturated heterocycles. The summed E-state index contributed by atoms with van der Waals surface area (Å²) in [6, 6.07) is 16.7. The highest BCUT2D eigenvalue weighted by molar-refractivity contribution is 6.74. The van der Waals surface area contributed by atoms with Crippen molar-refractivity contribution in [3.63, 3.8) is 0 Å². The monoisotopic (exact) mass is 512 g/mol. The van der Waals surface area contributed by atoms with E-state index in [0.717, 1.165) is 36.9 Å². The normalized spacial score (nSPS) is 11.7. The molecule has 2 aromatic rings. The first kappa shape index (κ1) is 29.6. The van der Waals surface area contributed by atoms with E-state index in [2.05, 4.69) is 46.1 Å². The first-order chi connectivity index (χ1) is 17.0. The molecular formula is C29H44N2O4Si. The zero-order valence-corrected chi connectivity index (χ0v) is 23.9. The summed E-state index contributed by atoms with van der Waals surface area (Å²) in [5.41, 5.74) is 2.25. The van der Waals surface area contributed by atoms with E-state index in [4.69, 9.17) is 9.16 Å². The number of nitrogens with zero attached hydrogens (tertiary/aromatic N) is 1. The van der Waals surface area contributed by atoms with Crippen LogP contribution in [0, 0.1) is 0 Å². The van der Waals surface area contributed by atoms with E-state index in [0.29, 0.717) is 31.9 Å². The summed E-state index contributed by atoms with van der Waals surface area (Å²) < 4.78 is 11.9. The molecule has 0 fully saturated rings. The van der Waals surface area contributed by atoms with Crippen LogP contribution in [0.3, 0.4) is 0 Å². The lowest BCUT2D eigenvalue weighted by Crippen LogP contribution is -2.43. The molecule has 0 aliphatic rings. The minimum atomic E-state index is -1.91. The molecule has 0 atom stereocenters. The van der Waals surface area contributed by atoms with Gasteiger partial charge in [0, 0.05) is 24.3 Å². The number of ether oxygens (including phenoxy) is 1. The zero-order valence-electron chi connectivity index (χ0n) is 22.9. The Kier molecular flexibility index (Phi) is 11.7. The second-order valence-corrected chi connectivity index (χ2v) is 15.5. The second-order valence-electron chi connectivity index (χ2n) is 10.7. The molecule has 0 spiro atoms. The third kappa shape index (κ3) is 9.78. The molecule has 6 nitrogen and oxygen atoms in total. The summed E-state index contributed by atoms with van der Waals surface area (Å²) in [4.78, 5) is 27.2. The van der Waals surface area contributed by atoms with Gasteiger partial charge in [0.15, 0.2) is 8.32 Å². The number of para-hydroxylation sites is 1. The number of hydrogen-bond acceptors (Lipinski definition) is 4. The Morgan fingerprint density at radius 2 is 1.58 bits per heavy atom. The smallest absolute Gasteiger partial charge is 0.410 e. The molecule has 0 unspecified atom stereocenters. The van der Waals surface area contributed by atoms with Crippen molar-refractivity contribution < 1.29 is 18.8 Å². The predicted molar refractivity (Wildman–Crippen MR) is 150 cm³/mol. The summed E-state index contributed by atoms with van der Waals surface area (Å²) in [7, 11) is -1.91. The van der Waals surface area contributed by atoms with Crippen LogP contribution in [0.4, 0.5) is 10.5 Å². The molecule has 36 heavy (non-hydrogen) atoms. The molecule has 0 bridgehead atoms. The van der Waals surface area contributed by atoms with E-state index in [1.54, 1.807) is 17.0 Å². The van der Waals surface area contributed by atoms with E-state index < -0.39 is 8.32 Å². The first-order valence-electron chi connectivity index (χ1n) is 13.0. The Morgan fingerprint density at radius 3 is 2.19 bits per heavy atom. The molecule has 0 saturated carbocycles. The predicted octanol–water partition coefficient (Wildman–Crippen LogP) is 7.48. The SMILES string of the molecule is CCCCCCOC(=O)N(CCO[Si](C)(C)C(C)(C)C)Cc1ccc(C(=O)Nc2ccccc2)cc1. The van der Waals surface area contributed by atoms with Gasteiger partial charge in [-0.25, -0.2) is 4.79 Å². The number of amides is 2. The molecule has 2 amide bonds. The van der Waals surface area contributed by atoms with Crippen LogP contribution in [0.2, 0.25) is 18.1 Å². The number of hydrogen-bond donors (Lipinski definition) is 1. The Bertz CT molecular complexity index is 940. The summed E-state index contributed by atoms with van der Waals surface area (Å²) >= 11 is 0. The zero-order chi connectivity index (χ0) is 26.6. The largest absolute Gasteiger partial charge is 0.449 e. The summed E-state index contributed by atoms with van der Waals surface area (Å²) in [6.45, 7) is 14.9. The molecule has 0 radical (unpaired) electrons. The minimum Gasteiger partial charge on any atom is -0.449 e. The van der Waals surface area contributed by atoms with Crippen molar-refractivity contribution in [2.75, 3.05) is 25.1 Å². The van der Waals surface area contributed by atoms with Gasteiger partial charge in [-0.1, -0.05) is 77.3 Å². The number of unbranched alkanes of at least 4 members (excludes halogenated alkanes) is 3. The van der Waals surface area contributed by atoms with Crippen LogP contribution >= 0.6 is 0 Å². The lowest BCUT2D eigenvalue weighted by molar-refractivity contribution is 0.0906. The van der Waals surface area contributed by atoms with Crippen molar-refractivity contribution >= 4 is 26.0 Å². The van der Waals surface area contributed by atoms with Gasteiger partial charge in [-0.05, 0) is 54.4 Å². The van der Waals surface area contributed by atoms with Gasteiger partial charge in [0.05, 0.1) is 13.2 Å². The Balaban J connectivity index is 2.01. The quantitative estimate of drug-likeness (QED) is 0.223. The lowest BCUT2D eigenvalue weighted by atomic mass is 10.1. The van der Waals surface area contributed by atoms with Gasteiger partial charge in [0.25, 0.3) is 5.91 Å². The minimum absolute atomic E-state index is 0.105. The van der Waals surface area contributed by atoms with Crippen molar-refractivity contribution in [2.45, 2.75) is 78.1 Å². The van der Waals surface area contributed by atoms with Crippen molar-refractivity contribution in [1.82, 2.24) is 4.90 Å². The molecule has 0 aliphatic heterocycles. The fourth-order valence-corrected chi connectivity index (χ4v) is 4.38. The van der Waals surface area contributed by atoms with Gasteiger partial charge < -0.3 is 19.4 Å². The molecule has 1 N–H and O–H groups in total. The van der Waals surface area contributed by atoms with E-state index in [-0.39, 0.29) is 17.0 Å². The highest BCUT2D eigenvalue weighted by Crippen LogP contribution is 2.36. The number of carbonyl (C=O) groups is 2. The van der Waals surface area contributed by atoms with E-state index in [1.165, 1.54) is 0 Å². The molecule has 0 aromatic heterocycles. The highest BCUT2D eigenvalue weighted by Gasteiger charge is 2.37. The molecule has 198 valence electrons. The lowest BCUT2D eigenvalue weighted by Gasteiger charge is -2.36. The van der Waals surface area contributed by atoms with E-state index in [1.807, 2.05) is 42.5 Å². The molecule has 2 rings (SSSR count). The Hall–Kier alpha value is -2.64. The number of nitrogens with one attached hydrogen (secondary N) is 1. The number of rotatable bonds is 13. The maximum atomic E-state index is 12.9. The summed E-state index contributed by atoms with van der Waals surface area (Å²) in [6.07, 6.45) is 3.90. The standard InChI is InChI=1S/C29H44N2O4Si/c1-7-8-9-13-21-34-28(33)31(20-22-35-36(5,6)29(2,3)4)23-24-16-18-25(19-17-24)27(32)30-26-14-11-10-12-15-26/h10-12,14-19H,7-9,13,20-23H2,1-6H3,(H,30,32). The van der Waals surface area contributed by atoms with Gasteiger partial charge in [-0.3, -0.25) is 4.79 Å². The maximum Gasteiger partial charge on any atom is 0.410 e. The molecule has 2 aromatic carbocycles. The molecular weight excluding hydrogens is 468 g/mol. The van der Waals surface area contributed by atoms with Crippen molar-refractivity contribution in [1.29, 1.82) is 0 Å². The van der Waals surface area contributed by atoms with Crippen LogP contribution in [0.15, 0.2) is 54.6 Å². The average molecular weight is 513 g/mol. The fourth-order valence-electron chi connectivity index (χ4n) is 3.35. The van der Waals surface area contributed by atoms with E-state index in [9.17, 15) is 9.59 Å². The number of benzene rings is 2. The average Bonchev–Trinajstić information content (AvgIpc) is 2.83. The maximum absolute atomic E-state index is 12.9. The van der Waals surface area contributed by atoms with E-state index >= 15 is 0 Å². The van der Waals surface area contributed by atoms with Crippen LogP contribution < -0.4 is 5.32 Å².